The van der Waals surface area contributed by atoms with Crippen LogP contribution in [0.4, 0.5) is 0 Å². The molecule has 0 saturated carbocycles. The summed E-state index contributed by atoms with van der Waals surface area (Å²) in [6, 6.07) is 0. The molecule has 0 heterocycles. The summed E-state index contributed by atoms with van der Waals surface area (Å²) in [5.41, 5.74) is 0. The van der Waals surface area contributed by atoms with Crippen LogP contribution in [0, 0.1) is 0 Å². The monoisotopic (exact) mass is 1010 g/mol. The van der Waals surface area contributed by atoms with Gasteiger partial charge in [0.15, 0.2) is 0 Å². The molecule has 0 aromatic carbocycles. The van der Waals surface area contributed by atoms with E-state index in [1.54, 1.807) is 0 Å². The van der Waals surface area contributed by atoms with Crippen molar-refractivity contribution in [1.29, 1.82) is 0 Å². The van der Waals surface area contributed by atoms with Crippen LogP contribution in [0.3, 0.4) is 0 Å². The molecule has 0 N–H and O–H groups in total. The molecule has 0 aliphatic carbocycles. The van der Waals surface area contributed by atoms with Crippen LogP contribution in [0.1, 0.15) is 0 Å². The molecule has 0 bridgehead atoms. The Kier molecular flexibility index (Phi) is 1110. The maximum atomic E-state index is 0. The maximum Gasteiger partial charge on any atom is -2.00 e. The summed E-state index contributed by atoms with van der Waals surface area (Å²) in [5.74, 6) is 0. The van der Waals surface area contributed by atoms with Gasteiger partial charge in [0.2, 0.25) is 0 Å². The summed E-state index contributed by atoms with van der Waals surface area (Å²) < 4.78 is 0. The minimum atomic E-state index is 0. The zero-order valence-corrected chi connectivity index (χ0v) is 15.9. The van der Waals surface area contributed by atoms with E-state index in [-0.39, 0.29) is 256 Å². The van der Waals surface area contributed by atoms with E-state index in [4.69, 9.17) is 0 Å². The third-order valence-electron chi connectivity index (χ3n) is 0. The average molecular weight is 1010 g/mol. The Morgan fingerprint density at radius 3 is 0.462 bits per heavy atom. The molecule has 92 valence electrons. The summed E-state index contributed by atoms with van der Waals surface area (Å²) >= 11 is 0. The molecule has 0 fully saturated rings. The van der Waals surface area contributed by atoms with Gasteiger partial charge in [-0.25, -0.2) is 0 Å². The molecule has 0 rings (SSSR count). The molecule has 0 unspecified atom stereocenters. The molecular weight excluding hydrogens is 1000 g/mol. The molecule has 0 aromatic rings. The SMILES string of the molecule is [Ag].[Ag].[Al+3].[Al+3].[Cu].[Cu].[GaH3].[GaH3].[InH3].[InH3].[Se-2].[Se-2].[Se-2]. The molecule has 0 saturated heterocycles. The van der Waals surface area contributed by atoms with Crippen molar-refractivity contribution in [2.45, 2.75) is 0 Å². The van der Waals surface area contributed by atoms with Crippen molar-refractivity contribution in [2.75, 3.05) is 0 Å². The Balaban J connectivity index is 0. The van der Waals surface area contributed by atoms with Gasteiger partial charge in [0, 0.05) is 78.9 Å². The molecule has 0 spiro atoms. The fourth-order valence-electron chi connectivity index (χ4n) is 0. The largest absolute Gasteiger partial charge is 2.00 e. The topological polar surface area (TPSA) is 0 Å². The third-order valence-corrected chi connectivity index (χ3v) is 0. The van der Waals surface area contributed by atoms with Crippen molar-refractivity contribution in [3.05, 3.63) is 0 Å². The van der Waals surface area contributed by atoms with Crippen LogP contribution in [0.15, 0.2) is 0 Å². The fraction of sp³-hybridized carbons (Fsp3) is 0. The zero-order valence-electron chi connectivity index (χ0n) is 3.59. The van der Waals surface area contributed by atoms with Crippen LogP contribution in [0.2, 0.25) is 0 Å². The average Bonchev–Trinajstić information content (AvgIpc) is 0. The zero-order chi connectivity index (χ0) is 0. The van der Waals surface area contributed by atoms with Gasteiger partial charge < -0.3 is 51.2 Å². The van der Waals surface area contributed by atoms with Crippen molar-refractivity contribution in [3.63, 3.8) is 0 Å². The van der Waals surface area contributed by atoms with Gasteiger partial charge in [-0.1, -0.05) is 0 Å². The molecular formula is H12Ag2Al2Cu2Ga2In2Se3. The molecule has 0 aliphatic heterocycles. The van der Waals surface area contributed by atoms with Gasteiger partial charge in [-0.3, -0.25) is 0 Å². The number of rotatable bonds is 0. The van der Waals surface area contributed by atoms with E-state index in [2.05, 4.69) is 0 Å². The summed E-state index contributed by atoms with van der Waals surface area (Å²) in [7, 11) is 0. The van der Waals surface area contributed by atoms with Crippen molar-refractivity contribution >= 4 is 177 Å². The van der Waals surface area contributed by atoms with Crippen LogP contribution in [-0.4, -0.2) is 177 Å². The maximum absolute atomic E-state index is 0. The van der Waals surface area contributed by atoms with E-state index in [9.17, 15) is 0 Å². The Morgan fingerprint density at radius 2 is 0.462 bits per heavy atom. The molecule has 4 radical (unpaired) electrons. The van der Waals surface area contributed by atoms with Crippen LogP contribution in [0.25, 0.3) is 0 Å². The van der Waals surface area contributed by atoms with E-state index in [1.807, 2.05) is 0 Å². The summed E-state index contributed by atoms with van der Waals surface area (Å²) in [6.07, 6.45) is 0. The van der Waals surface area contributed by atoms with Crippen LogP contribution < -0.4 is 0 Å². The van der Waals surface area contributed by atoms with Crippen LogP contribution in [-0.2, 0) is 78.9 Å². The second kappa shape index (κ2) is 111. The molecule has 0 aliphatic rings. The second-order valence-corrected chi connectivity index (χ2v) is 0. The van der Waals surface area contributed by atoms with Crippen LogP contribution >= 0.6 is 0 Å². The Morgan fingerprint density at radius 1 is 0.462 bits per heavy atom. The fourth-order valence-corrected chi connectivity index (χ4v) is 0. The molecule has 0 amide bonds. The smallest absolute Gasteiger partial charge is 2.00 e. The Labute approximate surface area is 250 Å². The standard InChI is InChI=1S/2Ag.2Al.2Cu.2Ga.2In.3Se.12H/q;;2*+3;;;;;;;3*-2;;;;;;;;;;;;. The number of hydrogen-bond donors (Lipinski definition) is 0. The summed E-state index contributed by atoms with van der Waals surface area (Å²) in [5, 5.41) is 0. The third kappa shape index (κ3) is 99.9. The van der Waals surface area contributed by atoms with E-state index >= 15 is 0 Å². The van der Waals surface area contributed by atoms with Crippen LogP contribution in [0.5, 0.6) is 0 Å². The van der Waals surface area contributed by atoms with Crippen molar-refractivity contribution in [2.24, 2.45) is 0 Å². The Hall–Kier alpha value is 8.16. The van der Waals surface area contributed by atoms with Gasteiger partial charge in [-0.15, -0.1) is 0 Å². The van der Waals surface area contributed by atoms with E-state index < -0.39 is 0 Å². The van der Waals surface area contributed by atoms with Gasteiger partial charge in [0.1, 0.15) is 0 Å². The molecule has 13 heteroatoms. The summed E-state index contributed by atoms with van der Waals surface area (Å²) in [4.78, 5) is 0. The molecule has 0 aromatic heterocycles. The van der Waals surface area contributed by atoms with E-state index in [0.717, 1.165) is 0 Å². The molecule has 0 atom stereocenters. The van der Waals surface area contributed by atoms with Gasteiger partial charge >= 0.3 is 126 Å². The quantitative estimate of drug-likeness (QED) is 0.212. The molecule has 0 nitrogen and oxygen atoms in total. The van der Waals surface area contributed by atoms with E-state index in [0.29, 0.717) is 0 Å². The first-order chi connectivity index (χ1) is 0. The second-order valence-electron chi connectivity index (χ2n) is 0. The Bertz CT molecular complexity index is 33.4. The first kappa shape index (κ1) is 129. The minimum absolute atomic E-state index is 0. The van der Waals surface area contributed by atoms with Gasteiger partial charge in [-0.05, 0) is 0 Å². The van der Waals surface area contributed by atoms with Gasteiger partial charge in [0.05, 0.1) is 0 Å². The van der Waals surface area contributed by atoms with Crippen molar-refractivity contribution < 1.29 is 78.9 Å². The minimum Gasteiger partial charge on any atom is -2.00 e. The first-order valence-corrected chi connectivity index (χ1v) is 0. The van der Waals surface area contributed by atoms with Crippen molar-refractivity contribution in [3.8, 4) is 0 Å². The predicted molar refractivity (Wildman–Crippen MR) is 68.5 cm³/mol. The number of hydrogen-bond acceptors (Lipinski definition) is 0. The predicted octanol–water partition coefficient (Wildman–Crippen LogP) is -6.65. The molecule has 13 heavy (non-hydrogen) atoms. The van der Waals surface area contributed by atoms with Crippen molar-refractivity contribution in [1.82, 2.24) is 0 Å². The van der Waals surface area contributed by atoms with E-state index in [1.165, 1.54) is 0 Å². The first-order valence-electron chi connectivity index (χ1n) is 0. The van der Waals surface area contributed by atoms with Gasteiger partial charge in [-0.2, -0.15) is 0 Å². The van der Waals surface area contributed by atoms with Gasteiger partial charge in [0.25, 0.3) is 0 Å². The normalized spacial score (nSPS) is 0. The summed E-state index contributed by atoms with van der Waals surface area (Å²) in [6.45, 7) is 0.